The first-order valence-corrected chi connectivity index (χ1v) is 8.50. The van der Waals surface area contributed by atoms with Crippen molar-refractivity contribution in [1.82, 2.24) is 15.2 Å². The zero-order valence-electron chi connectivity index (χ0n) is 14.4. The van der Waals surface area contributed by atoms with Gasteiger partial charge in [0.2, 0.25) is 0 Å². The van der Waals surface area contributed by atoms with Crippen LogP contribution in [-0.2, 0) is 13.0 Å². The number of halogens is 1. The zero-order valence-corrected chi connectivity index (χ0v) is 17.6. The minimum absolute atomic E-state index is 0. The van der Waals surface area contributed by atoms with E-state index in [2.05, 4.69) is 32.2 Å². The molecule has 0 amide bonds. The van der Waals surface area contributed by atoms with Gasteiger partial charge in [0.05, 0.1) is 30.1 Å². The van der Waals surface area contributed by atoms with Crippen LogP contribution in [0.4, 0.5) is 0 Å². The Balaban J connectivity index is 0.00000288. The van der Waals surface area contributed by atoms with E-state index in [0.29, 0.717) is 6.54 Å². The van der Waals surface area contributed by atoms with Crippen molar-refractivity contribution in [3.05, 3.63) is 52.4 Å². The number of furan rings is 1. The highest BCUT2D eigenvalue weighted by Gasteiger charge is 2.09. The van der Waals surface area contributed by atoms with Crippen LogP contribution in [0, 0.1) is 6.92 Å². The molecule has 0 spiro atoms. The molecule has 132 valence electrons. The van der Waals surface area contributed by atoms with Gasteiger partial charge < -0.3 is 14.6 Å². The van der Waals surface area contributed by atoms with Gasteiger partial charge in [-0.15, -0.1) is 35.3 Å². The molecular weight excluding hydrogens is 435 g/mol. The fourth-order valence-electron chi connectivity index (χ4n) is 2.07. The van der Waals surface area contributed by atoms with E-state index in [4.69, 9.17) is 4.42 Å². The van der Waals surface area contributed by atoms with Gasteiger partial charge >= 0.3 is 0 Å². The van der Waals surface area contributed by atoms with Gasteiger partial charge in [0, 0.05) is 25.4 Å². The molecular formula is C17H25IN4OS. The Morgan fingerprint density at radius 2 is 2.29 bits per heavy atom. The van der Waals surface area contributed by atoms with Crippen LogP contribution >= 0.6 is 35.3 Å². The lowest BCUT2D eigenvalue weighted by Crippen LogP contribution is -2.39. The average molecular weight is 460 g/mol. The second-order valence-electron chi connectivity index (χ2n) is 5.57. The second kappa shape index (κ2) is 10.5. The standard InChI is InChI=1S/C17H24N4OS.HI/c1-13(2)10-19-17(18-8-7-16-6-5-9-22-16)21(4)11-15-12-23-14(3)20-15;/h5-6,9,12H,1,7-8,10-11H2,2-4H3,(H,18,19);1H. The van der Waals surface area contributed by atoms with Crippen LogP contribution in [0.25, 0.3) is 0 Å². The highest BCUT2D eigenvalue weighted by Crippen LogP contribution is 2.10. The minimum Gasteiger partial charge on any atom is -0.469 e. The van der Waals surface area contributed by atoms with Crippen LogP contribution in [0.1, 0.15) is 23.4 Å². The molecule has 0 aromatic carbocycles. The van der Waals surface area contributed by atoms with Crippen molar-refractivity contribution in [3.63, 3.8) is 0 Å². The molecule has 0 saturated heterocycles. The smallest absolute Gasteiger partial charge is 0.194 e. The van der Waals surface area contributed by atoms with Gasteiger partial charge in [0.15, 0.2) is 5.96 Å². The van der Waals surface area contributed by atoms with Crippen LogP contribution in [-0.4, -0.2) is 36.0 Å². The molecule has 0 aliphatic rings. The van der Waals surface area contributed by atoms with E-state index in [-0.39, 0.29) is 24.0 Å². The van der Waals surface area contributed by atoms with Crippen LogP contribution in [0.3, 0.4) is 0 Å². The zero-order chi connectivity index (χ0) is 16.7. The number of nitrogens with one attached hydrogen (secondary N) is 1. The third-order valence-corrected chi connectivity index (χ3v) is 3.98. The predicted molar refractivity (Wildman–Crippen MR) is 111 cm³/mol. The molecule has 2 aromatic rings. The number of hydrogen-bond donors (Lipinski definition) is 1. The summed E-state index contributed by atoms with van der Waals surface area (Å²) in [5.74, 6) is 1.82. The normalized spacial score (nSPS) is 11.0. The van der Waals surface area contributed by atoms with Gasteiger partial charge in [-0.05, 0) is 26.0 Å². The van der Waals surface area contributed by atoms with Crippen LogP contribution < -0.4 is 5.32 Å². The van der Waals surface area contributed by atoms with Crippen molar-refractivity contribution in [2.75, 3.05) is 20.1 Å². The Hall–Kier alpha value is -1.35. The summed E-state index contributed by atoms with van der Waals surface area (Å²) in [6.45, 7) is 10.0. The van der Waals surface area contributed by atoms with Crippen LogP contribution in [0.15, 0.2) is 45.3 Å². The predicted octanol–water partition coefficient (Wildman–Crippen LogP) is 3.86. The molecule has 0 fully saturated rings. The highest BCUT2D eigenvalue weighted by atomic mass is 127. The number of rotatable bonds is 7. The average Bonchev–Trinajstić information content (AvgIpc) is 3.14. The number of nitrogens with zero attached hydrogens (tertiary/aromatic N) is 3. The lowest BCUT2D eigenvalue weighted by Gasteiger charge is -2.21. The van der Waals surface area contributed by atoms with E-state index in [1.165, 1.54) is 0 Å². The summed E-state index contributed by atoms with van der Waals surface area (Å²) in [6.07, 6.45) is 2.52. The van der Waals surface area contributed by atoms with Gasteiger partial charge in [0.1, 0.15) is 5.76 Å². The van der Waals surface area contributed by atoms with Crippen LogP contribution in [0.5, 0.6) is 0 Å². The summed E-state index contributed by atoms with van der Waals surface area (Å²) in [5.41, 5.74) is 2.10. The molecule has 0 radical (unpaired) electrons. The van der Waals surface area contributed by atoms with Crippen molar-refractivity contribution in [2.45, 2.75) is 26.8 Å². The van der Waals surface area contributed by atoms with Crippen molar-refractivity contribution < 1.29 is 4.42 Å². The Bertz CT molecular complexity index is 651. The van der Waals surface area contributed by atoms with Crippen molar-refractivity contribution in [3.8, 4) is 0 Å². The fourth-order valence-corrected chi connectivity index (χ4v) is 2.68. The monoisotopic (exact) mass is 460 g/mol. The van der Waals surface area contributed by atoms with E-state index >= 15 is 0 Å². The fraction of sp³-hybridized carbons (Fsp3) is 0.412. The second-order valence-corrected chi connectivity index (χ2v) is 6.63. The first-order chi connectivity index (χ1) is 11.0. The first kappa shape index (κ1) is 20.7. The van der Waals surface area contributed by atoms with E-state index in [1.54, 1.807) is 17.6 Å². The number of aromatic nitrogens is 1. The van der Waals surface area contributed by atoms with E-state index in [9.17, 15) is 0 Å². The molecule has 5 nitrogen and oxygen atoms in total. The minimum atomic E-state index is 0. The summed E-state index contributed by atoms with van der Waals surface area (Å²) in [4.78, 5) is 11.2. The van der Waals surface area contributed by atoms with Gasteiger partial charge in [-0.3, -0.25) is 0 Å². The maximum Gasteiger partial charge on any atom is 0.194 e. The number of thiazole rings is 1. The SMILES string of the molecule is C=C(C)CN=C(NCCc1ccco1)N(C)Cc1csc(C)n1.I. The molecule has 0 aliphatic carbocycles. The summed E-state index contributed by atoms with van der Waals surface area (Å²) < 4.78 is 5.36. The molecule has 0 bridgehead atoms. The third kappa shape index (κ3) is 7.04. The Kier molecular flexibility index (Phi) is 9.05. The van der Waals surface area contributed by atoms with Crippen molar-refractivity contribution in [2.24, 2.45) is 4.99 Å². The molecule has 0 atom stereocenters. The molecule has 0 aliphatic heterocycles. The lowest BCUT2D eigenvalue weighted by atomic mass is 10.3. The van der Waals surface area contributed by atoms with Gasteiger partial charge in [-0.2, -0.15) is 0 Å². The van der Waals surface area contributed by atoms with Gasteiger partial charge in [0.25, 0.3) is 0 Å². The number of guanidine groups is 1. The third-order valence-electron chi connectivity index (χ3n) is 3.16. The topological polar surface area (TPSA) is 53.7 Å². The van der Waals surface area contributed by atoms with Crippen LogP contribution in [0.2, 0.25) is 0 Å². The quantitative estimate of drug-likeness (QED) is 0.295. The van der Waals surface area contributed by atoms with E-state index in [0.717, 1.165) is 47.5 Å². The lowest BCUT2D eigenvalue weighted by molar-refractivity contribution is 0.464. The Morgan fingerprint density at radius 3 is 2.88 bits per heavy atom. The summed E-state index contributed by atoms with van der Waals surface area (Å²) >= 11 is 1.67. The molecule has 2 aromatic heterocycles. The highest BCUT2D eigenvalue weighted by molar-refractivity contribution is 14.0. The molecule has 24 heavy (non-hydrogen) atoms. The Morgan fingerprint density at radius 1 is 1.50 bits per heavy atom. The molecule has 0 saturated carbocycles. The van der Waals surface area contributed by atoms with Crippen molar-refractivity contribution >= 4 is 41.3 Å². The summed E-state index contributed by atoms with van der Waals surface area (Å²) in [5, 5.41) is 6.56. The summed E-state index contributed by atoms with van der Waals surface area (Å²) in [6, 6.07) is 3.89. The molecule has 1 N–H and O–H groups in total. The molecule has 7 heteroatoms. The van der Waals surface area contributed by atoms with Gasteiger partial charge in [-0.1, -0.05) is 12.2 Å². The summed E-state index contributed by atoms with van der Waals surface area (Å²) in [7, 11) is 2.02. The molecule has 2 rings (SSSR count). The van der Waals surface area contributed by atoms with Gasteiger partial charge in [-0.25, -0.2) is 9.98 Å². The molecule has 2 heterocycles. The maximum absolute atomic E-state index is 5.36. The number of aryl methyl sites for hydroxylation is 1. The largest absolute Gasteiger partial charge is 0.469 e. The molecule has 0 unspecified atom stereocenters. The van der Waals surface area contributed by atoms with E-state index < -0.39 is 0 Å². The number of hydrogen-bond acceptors (Lipinski definition) is 4. The maximum atomic E-state index is 5.36. The Labute approximate surface area is 164 Å². The van der Waals surface area contributed by atoms with E-state index in [1.807, 2.05) is 33.0 Å². The first-order valence-electron chi connectivity index (χ1n) is 7.62. The van der Waals surface area contributed by atoms with Crippen molar-refractivity contribution in [1.29, 1.82) is 0 Å². The number of aliphatic imine (C=N–C) groups is 1.